The van der Waals surface area contributed by atoms with Gasteiger partial charge in [-0.3, -0.25) is 19.3 Å². The van der Waals surface area contributed by atoms with Gasteiger partial charge in [0.15, 0.2) is 0 Å². The maximum Gasteiger partial charge on any atom is 0.274 e. The standard InChI is InChI=1S/C20H15N3O4/c1-23-19(25)14-6-4-12(10-15(14)20(23)26)21-18(24)17-7-3-11-9-13(27-2)5-8-16(11)22-17/h3-10H,1-2H3,(H,21,24). The van der Waals surface area contributed by atoms with E-state index in [1.807, 2.05) is 6.07 Å². The topological polar surface area (TPSA) is 88.6 Å². The summed E-state index contributed by atoms with van der Waals surface area (Å²) in [6, 6.07) is 13.4. The second-order valence-corrected chi connectivity index (χ2v) is 6.14. The number of anilines is 1. The fourth-order valence-corrected chi connectivity index (χ4v) is 2.99. The van der Waals surface area contributed by atoms with Gasteiger partial charge in [-0.25, -0.2) is 4.98 Å². The predicted octanol–water partition coefficient (Wildman–Crippen LogP) is 2.72. The first-order valence-corrected chi connectivity index (χ1v) is 8.20. The number of ether oxygens (including phenoxy) is 1. The molecule has 3 aromatic rings. The van der Waals surface area contributed by atoms with E-state index in [2.05, 4.69) is 10.3 Å². The van der Waals surface area contributed by atoms with E-state index < -0.39 is 5.91 Å². The Morgan fingerprint density at radius 1 is 1.00 bits per heavy atom. The lowest BCUT2D eigenvalue weighted by Gasteiger charge is -2.07. The third-order valence-electron chi connectivity index (χ3n) is 4.48. The van der Waals surface area contributed by atoms with Crippen LogP contribution in [0.2, 0.25) is 0 Å². The highest BCUT2D eigenvalue weighted by Crippen LogP contribution is 2.25. The first-order valence-electron chi connectivity index (χ1n) is 8.20. The highest BCUT2D eigenvalue weighted by atomic mass is 16.5. The SMILES string of the molecule is COc1ccc2nc(C(=O)Nc3ccc4c(c3)C(=O)N(C)C4=O)ccc2c1. The maximum absolute atomic E-state index is 12.5. The zero-order chi connectivity index (χ0) is 19.1. The van der Waals surface area contributed by atoms with Crippen LogP contribution >= 0.6 is 0 Å². The molecular formula is C20H15N3O4. The number of imide groups is 1. The van der Waals surface area contributed by atoms with Gasteiger partial charge in [0.25, 0.3) is 17.7 Å². The van der Waals surface area contributed by atoms with Gasteiger partial charge >= 0.3 is 0 Å². The second-order valence-electron chi connectivity index (χ2n) is 6.14. The van der Waals surface area contributed by atoms with E-state index in [9.17, 15) is 14.4 Å². The average Bonchev–Trinajstić information content (AvgIpc) is 2.91. The number of hydrogen-bond acceptors (Lipinski definition) is 5. The Morgan fingerprint density at radius 3 is 2.56 bits per heavy atom. The van der Waals surface area contributed by atoms with Crippen molar-refractivity contribution in [2.24, 2.45) is 0 Å². The van der Waals surface area contributed by atoms with Crippen molar-refractivity contribution in [2.45, 2.75) is 0 Å². The minimum absolute atomic E-state index is 0.243. The Labute approximate surface area is 154 Å². The Balaban J connectivity index is 1.60. The quantitative estimate of drug-likeness (QED) is 0.725. The molecule has 1 aromatic heterocycles. The third-order valence-corrected chi connectivity index (χ3v) is 4.48. The van der Waals surface area contributed by atoms with Crippen molar-refractivity contribution in [3.05, 3.63) is 65.4 Å². The molecule has 1 aliphatic heterocycles. The molecule has 134 valence electrons. The number of carbonyl (C=O) groups is 3. The molecule has 1 N–H and O–H groups in total. The molecule has 2 heterocycles. The highest BCUT2D eigenvalue weighted by Gasteiger charge is 2.32. The van der Waals surface area contributed by atoms with E-state index in [4.69, 9.17) is 4.74 Å². The van der Waals surface area contributed by atoms with Crippen LogP contribution < -0.4 is 10.1 Å². The molecule has 0 unspecified atom stereocenters. The fraction of sp³-hybridized carbons (Fsp3) is 0.100. The van der Waals surface area contributed by atoms with Crippen LogP contribution in [0.4, 0.5) is 5.69 Å². The maximum atomic E-state index is 12.5. The Bertz CT molecular complexity index is 1120. The molecule has 27 heavy (non-hydrogen) atoms. The summed E-state index contributed by atoms with van der Waals surface area (Å²) in [6.07, 6.45) is 0. The van der Waals surface area contributed by atoms with E-state index in [0.717, 1.165) is 10.3 Å². The van der Waals surface area contributed by atoms with Crippen LogP contribution in [0.25, 0.3) is 10.9 Å². The molecule has 7 heteroatoms. The summed E-state index contributed by atoms with van der Waals surface area (Å²) in [4.78, 5) is 42.0. The summed E-state index contributed by atoms with van der Waals surface area (Å²) in [5.74, 6) is -0.426. The smallest absolute Gasteiger partial charge is 0.274 e. The Kier molecular flexibility index (Phi) is 3.84. The van der Waals surface area contributed by atoms with Crippen molar-refractivity contribution in [1.29, 1.82) is 0 Å². The predicted molar refractivity (Wildman–Crippen MR) is 99.1 cm³/mol. The molecule has 0 bridgehead atoms. The number of hydrogen-bond donors (Lipinski definition) is 1. The first-order chi connectivity index (χ1) is 13.0. The molecule has 7 nitrogen and oxygen atoms in total. The van der Waals surface area contributed by atoms with Crippen molar-refractivity contribution in [3.63, 3.8) is 0 Å². The van der Waals surface area contributed by atoms with E-state index in [1.54, 1.807) is 37.4 Å². The molecule has 0 saturated carbocycles. The molecular weight excluding hydrogens is 346 g/mol. The molecule has 0 saturated heterocycles. The fourth-order valence-electron chi connectivity index (χ4n) is 2.99. The van der Waals surface area contributed by atoms with E-state index in [1.165, 1.54) is 19.2 Å². The van der Waals surface area contributed by atoms with Gasteiger partial charge in [-0.1, -0.05) is 6.07 Å². The number of carbonyl (C=O) groups excluding carboxylic acids is 3. The number of benzene rings is 2. The zero-order valence-electron chi connectivity index (χ0n) is 14.6. The van der Waals surface area contributed by atoms with E-state index in [0.29, 0.717) is 22.5 Å². The summed E-state index contributed by atoms with van der Waals surface area (Å²) >= 11 is 0. The molecule has 0 aliphatic carbocycles. The van der Waals surface area contributed by atoms with E-state index in [-0.39, 0.29) is 23.1 Å². The van der Waals surface area contributed by atoms with Gasteiger partial charge in [-0.05, 0) is 42.5 Å². The Hall–Kier alpha value is -3.74. The third kappa shape index (κ3) is 2.79. The number of amides is 3. The van der Waals surface area contributed by atoms with Crippen molar-refractivity contribution in [3.8, 4) is 5.75 Å². The lowest BCUT2D eigenvalue weighted by Crippen LogP contribution is -2.24. The summed E-state index contributed by atoms with van der Waals surface area (Å²) in [7, 11) is 3.01. The number of fused-ring (bicyclic) bond motifs is 2. The van der Waals surface area contributed by atoms with Gasteiger partial charge < -0.3 is 10.1 Å². The average molecular weight is 361 g/mol. The van der Waals surface area contributed by atoms with Crippen LogP contribution in [0, 0.1) is 0 Å². The van der Waals surface area contributed by atoms with Crippen molar-refractivity contribution in [2.75, 3.05) is 19.5 Å². The van der Waals surface area contributed by atoms with Gasteiger partial charge in [-0.2, -0.15) is 0 Å². The molecule has 0 atom stereocenters. The van der Waals surface area contributed by atoms with Crippen molar-refractivity contribution < 1.29 is 19.1 Å². The summed E-state index contributed by atoms with van der Waals surface area (Å²) in [6.45, 7) is 0. The van der Waals surface area contributed by atoms with Gasteiger partial charge in [0.2, 0.25) is 0 Å². The summed E-state index contributed by atoms with van der Waals surface area (Å²) in [5.41, 5.74) is 1.94. The lowest BCUT2D eigenvalue weighted by atomic mass is 10.1. The first kappa shape index (κ1) is 16.7. The minimum Gasteiger partial charge on any atom is -0.497 e. The zero-order valence-corrected chi connectivity index (χ0v) is 14.6. The largest absolute Gasteiger partial charge is 0.497 e. The second kappa shape index (κ2) is 6.21. The highest BCUT2D eigenvalue weighted by molar-refractivity contribution is 6.21. The van der Waals surface area contributed by atoms with Gasteiger partial charge in [-0.15, -0.1) is 0 Å². The van der Waals surface area contributed by atoms with Crippen LogP contribution in [0.5, 0.6) is 5.75 Å². The molecule has 3 amide bonds. The number of rotatable bonds is 3. The molecule has 2 aromatic carbocycles. The molecule has 0 spiro atoms. The number of nitrogens with one attached hydrogen (secondary N) is 1. The van der Waals surface area contributed by atoms with Gasteiger partial charge in [0, 0.05) is 18.1 Å². The number of aromatic nitrogens is 1. The van der Waals surface area contributed by atoms with Crippen LogP contribution in [0.15, 0.2) is 48.5 Å². The summed E-state index contributed by atoms with van der Waals surface area (Å²) < 4.78 is 5.18. The molecule has 4 rings (SSSR count). The van der Waals surface area contributed by atoms with Crippen molar-refractivity contribution >= 4 is 34.3 Å². The van der Waals surface area contributed by atoms with Gasteiger partial charge in [0.1, 0.15) is 11.4 Å². The van der Waals surface area contributed by atoms with Crippen LogP contribution in [-0.4, -0.2) is 41.8 Å². The minimum atomic E-state index is -0.405. The van der Waals surface area contributed by atoms with Crippen LogP contribution in [-0.2, 0) is 0 Å². The molecule has 0 radical (unpaired) electrons. The molecule has 1 aliphatic rings. The number of pyridine rings is 1. The lowest BCUT2D eigenvalue weighted by molar-refractivity contribution is 0.0692. The van der Waals surface area contributed by atoms with E-state index >= 15 is 0 Å². The van der Waals surface area contributed by atoms with Crippen LogP contribution in [0.3, 0.4) is 0 Å². The monoisotopic (exact) mass is 361 g/mol. The summed E-state index contributed by atoms with van der Waals surface area (Å²) in [5, 5.41) is 3.57. The number of methoxy groups -OCH3 is 1. The van der Waals surface area contributed by atoms with Gasteiger partial charge in [0.05, 0.1) is 23.8 Å². The van der Waals surface area contributed by atoms with Crippen molar-refractivity contribution in [1.82, 2.24) is 9.88 Å². The Morgan fingerprint density at radius 2 is 1.78 bits per heavy atom. The number of nitrogens with zero attached hydrogens (tertiary/aromatic N) is 2. The normalized spacial score (nSPS) is 13.0. The van der Waals surface area contributed by atoms with Crippen LogP contribution in [0.1, 0.15) is 31.2 Å². The molecule has 0 fully saturated rings.